The third-order valence-corrected chi connectivity index (χ3v) is 4.67. The Hall–Kier alpha value is -1.04. The van der Waals surface area contributed by atoms with E-state index in [0.717, 1.165) is 41.0 Å². The predicted molar refractivity (Wildman–Crippen MR) is 91.3 cm³/mol. The van der Waals surface area contributed by atoms with Crippen LogP contribution >= 0.6 is 27.3 Å². The first-order chi connectivity index (χ1) is 10.2. The van der Waals surface area contributed by atoms with Crippen molar-refractivity contribution in [3.05, 3.63) is 44.6 Å². The minimum Gasteiger partial charge on any atom is -0.497 e. The molecule has 0 spiro atoms. The maximum Gasteiger partial charge on any atom is 0.124 e. The first kappa shape index (κ1) is 16.3. The monoisotopic (exact) mass is 369 g/mol. The summed E-state index contributed by atoms with van der Waals surface area (Å²) < 4.78 is 12.4. The molecule has 2 rings (SSSR count). The first-order valence-corrected chi connectivity index (χ1v) is 8.63. The minimum atomic E-state index is 0.587. The standard InChI is InChI=1S/C16H20BrNO2S/c1-3-6-18-9-12-7-14(19-2)4-5-16(12)20-10-15-8-13(17)11-21-15/h4-5,7-8,11,18H,3,6,9-10H2,1-2H3. The summed E-state index contributed by atoms with van der Waals surface area (Å²) in [6.07, 6.45) is 1.11. The molecule has 0 aliphatic rings. The van der Waals surface area contributed by atoms with E-state index in [9.17, 15) is 0 Å². The van der Waals surface area contributed by atoms with Crippen molar-refractivity contribution in [2.24, 2.45) is 0 Å². The molecule has 5 heteroatoms. The Labute approximate surface area is 138 Å². The van der Waals surface area contributed by atoms with Gasteiger partial charge in [-0.1, -0.05) is 6.92 Å². The van der Waals surface area contributed by atoms with Crippen molar-refractivity contribution in [3.63, 3.8) is 0 Å². The van der Waals surface area contributed by atoms with E-state index in [2.05, 4.69) is 39.6 Å². The van der Waals surface area contributed by atoms with Crippen LogP contribution in [0, 0.1) is 0 Å². The quantitative estimate of drug-likeness (QED) is 0.689. The van der Waals surface area contributed by atoms with Gasteiger partial charge in [-0.15, -0.1) is 11.3 Å². The molecule has 21 heavy (non-hydrogen) atoms. The van der Waals surface area contributed by atoms with Crippen molar-refractivity contribution in [2.75, 3.05) is 13.7 Å². The lowest BCUT2D eigenvalue weighted by Gasteiger charge is -2.13. The molecule has 1 N–H and O–H groups in total. The zero-order valence-corrected chi connectivity index (χ0v) is 14.7. The molecule has 0 saturated heterocycles. The number of thiophene rings is 1. The lowest BCUT2D eigenvalue weighted by atomic mass is 10.2. The van der Waals surface area contributed by atoms with Gasteiger partial charge >= 0.3 is 0 Å². The highest BCUT2D eigenvalue weighted by Gasteiger charge is 2.07. The van der Waals surface area contributed by atoms with Crippen LogP contribution in [0.15, 0.2) is 34.1 Å². The zero-order valence-electron chi connectivity index (χ0n) is 12.3. The van der Waals surface area contributed by atoms with Crippen LogP contribution in [-0.2, 0) is 13.2 Å². The largest absolute Gasteiger partial charge is 0.497 e. The molecule has 0 aliphatic heterocycles. The number of benzene rings is 1. The van der Waals surface area contributed by atoms with Gasteiger partial charge in [0.15, 0.2) is 0 Å². The van der Waals surface area contributed by atoms with E-state index in [1.54, 1.807) is 18.4 Å². The minimum absolute atomic E-state index is 0.587. The van der Waals surface area contributed by atoms with Crippen molar-refractivity contribution in [1.82, 2.24) is 5.32 Å². The summed E-state index contributed by atoms with van der Waals surface area (Å²) in [7, 11) is 1.68. The second kappa shape index (κ2) is 8.41. The molecule has 0 unspecified atom stereocenters. The maximum atomic E-state index is 5.96. The number of halogens is 1. The first-order valence-electron chi connectivity index (χ1n) is 6.96. The predicted octanol–water partition coefficient (Wildman–Crippen LogP) is 4.60. The molecule has 114 valence electrons. The van der Waals surface area contributed by atoms with Gasteiger partial charge in [0.1, 0.15) is 18.1 Å². The van der Waals surface area contributed by atoms with Crippen LogP contribution in [0.1, 0.15) is 23.8 Å². The molecule has 0 amide bonds. The number of ether oxygens (including phenoxy) is 2. The van der Waals surface area contributed by atoms with Crippen molar-refractivity contribution in [3.8, 4) is 11.5 Å². The molecule has 0 saturated carbocycles. The van der Waals surface area contributed by atoms with Crippen LogP contribution in [-0.4, -0.2) is 13.7 Å². The number of hydrogen-bond donors (Lipinski definition) is 1. The third kappa shape index (κ3) is 5.02. The smallest absolute Gasteiger partial charge is 0.124 e. The molecule has 0 radical (unpaired) electrons. The van der Waals surface area contributed by atoms with Crippen LogP contribution in [0.4, 0.5) is 0 Å². The molecule has 0 aliphatic carbocycles. The molecular weight excluding hydrogens is 350 g/mol. The fourth-order valence-electron chi connectivity index (χ4n) is 1.94. The molecule has 1 heterocycles. The molecule has 1 aromatic heterocycles. The lowest BCUT2D eigenvalue weighted by Crippen LogP contribution is -2.14. The Morgan fingerprint density at radius 3 is 2.81 bits per heavy atom. The Morgan fingerprint density at radius 2 is 2.14 bits per heavy atom. The van der Waals surface area contributed by atoms with Gasteiger partial charge in [-0.3, -0.25) is 0 Å². The molecular formula is C16H20BrNO2S. The SMILES string of the molecule is CCCNCc1cc(OC)ccc1OCc1cc(Br)cs1. The highest BCUT2D eigenvalue weighted by molar-refractivity contribution is 9.10. The Balaban J connectivity index is 2.05. The van der Waals surface area contributed by atoms with Gasteiger partial charge in [0.25, 0.3) is 0 Å². The zero-order chi connectivity index (χ0) is 15.1. The van der Waals surface area contributed by atoms with Crippen LogP contribution in [0.25, 0.3) is 0 Å². The van der Waals surface area contributed by atoms with Gasteiger partial charge in [-0.25, -0.2) is 0 Å². The summed E-state index contributed by atoms with van der Waals surface area (Å²) in [6.45, 7) is 4.52. The molecule has 0 bridgehead atoms. The van der Waals surface area contributed by atoms with Gasteiger partial charge in [-0.2, -0.15) is 0 Å². The summed E-state index contributed by atoms with van der Waals surface area (Å²) in [5.41, 5.74) is 1.12. The second-order valence-electron chi connectivity index (χ2n) is 4.67. The van der Waals surface area contributed by atoms with Crippen LogP contribution in [0.3, 0.4) is 0 Å². The summed E-state index contributed by atoms with van der Waals surface area (Å²) in [4.78, 5) is 1.20. The Kier molecular flexibility index (Phi) is 6.54. The van der Waals surface area contributed by atoms with E-state index in [1.165, 1.54) is 4.88 Å². The van der Waals surface area contributed by atoms with Crippen LogP contribution < -0.4 is 14.8 Å². The van der Waals surface area contributed by atoms with Gasteiger partial charge in [0.2, 0.25) is 0 Å². The summed E-state index contributed by atoms with van der Waals surface area (Å²) in [5, 5.41) is 5.47. The highest BCUT2D eigenvalue weighted by atomic mass is 79.9. The Morgan fingerprint density at radius 1 is 1.29 bits per heavy atom. The molecule has 3 nitrogen and oxygen atoms in total. The third-order valence-electron chi connectivity index (χ3n) is 3.00. The second-order valence-corrected chi connectivity index (χ2v) is 6.58. The topological polar surface area (TPSA) is 30.5 Å². The van der Waals surface area contributed by atoms with Crippen molar-refractivity contribution < 1.29 is 9.47 Å². The number of nitrogens with one attached hydrogen (secondary N) is 1. The van der Waals surface area contributed by atoms with Crippen molar-refractivity contribution >= 4 is 27.3 Å². The average Bonchev–Trinajstić information content (AvgIpc) is 2.91. The number of methoxy groups -OCH3 is 1. The highest BCUT2D eigenvalue weighted by Crippen LogP contribution is 2.26. The normalized spacial score (nSPS) is 10.6. The molecule has 1 aromatic carbocycles. The van der Waals surface area contributed by atoms with Gasteiger partial charge in [-0.05, 0) is 53.2 Å². The van der Waals surface area contributed by atoms with E-state index >= 15 is 0 Å². The van der Waals surface area contributed by atoms with E-state index in [4.69, 9.17) is 9.47 Å². The number of rotatable bonds is 8. The van der Waals surface area contributed by atoms with E-state index in [0.29, 0.717) is 6.61 Å². The van der Waals surface area contributed by atoms with E-state index < -0.39 is 0 Å². The Bertz CT molecular complexity index is 571. The van der Waals surface area contributed by atoms with Crippen LogP contribution in [0.2, 0.25) is 0 Å². The van der Waals surface area contributed by atoms with Gasteiger partial charge in [0.05, 0.1) is 7.11 Å². The van der Waals surface area contributed by atoms with Crippen molar-refractivity contribution in [2.45, 2.75) is 26.5 Å². The fourth-order valence-corrected chi connectivity index (χ4v) is 3.30. The van der Waals surface area contributed by atoms with Gasteiger partial charge < -0.3 is 14.8 Å². The fraction of sp³-hybridized carbons (Fsp3) is 0.375. The average molecular weight is 370 g/mol. The summed E-state index contributed by atoms with van der Waals surface area (Å²) in [5.74, 6) is 1.76. The molecule has 0 fully saturated rings. The van der Waals surface area contributed by atoms with Gasteiger partial charge in [0, 0.05) is 26.8 Å². The maximum absolute atomic E-state index is 5.96. The van der Waals surface area contributed by atoms with Crippen LogP contribution in [0.5, 0.6) is 11.5 Å². The molecule has 2 aromatic rings. The van der Waals surface area contributed by atoms with Crippen molar-refractivity contribution in [1.29, 1.82) is 0 Å². The molecule has 0 atom stereocenters. The summed E-state index contributed by atoms with van der Waals surface area (Å²) >= 11 is 5.15. The summed E-state index contributed by atoms with van der Waals surface area (Å²) in [6, 6.07) is 8.03. The van der Waals surface area contributed by atoms with E-state index in [-0.39, 0.29) is 0 Å². The van der Waals surface area contributed by atoms with E-state index in [1.807, 2.05) is 18.2 Å². The number of hydrogen-bond acceptors (Lipinski definition) is 4. The lowest BCUT2D eigenvalue weighted by molar-refractivity contribution is 0.304.